The van der Waals surface area contributed by atoms with Crippen LogP contribution in [0, 0.1) is 0 Å². The highest BCUT2D eigenvalue weighted by atomic mass is 16.7. The third-order valence-electron chi connectivity index (χ3n) is 13.9. The smallest absolute Gasteiger partial charge is 0.223 e. The first-order chi connectivity index (χ1) is 37.5. The number of pyridine rings is 2. The van der Waals surface area contributed by atoms with Crippen LogP contribution in [0.25, 0.3) is 64.6 Å². The summed E-state index contributed by atoms with van der Waals surface area (Å²) in [6, 6.07) is 89.8. The van der Waals surface area contributed by atoms with Crippen molar-refractivity contribution >= 4 is 72.0 Å². The molecule has 0 saturated carbocycles. The molecular weight excluding hydrogens is 936 g/mol. The van der Waals surface area contributed by atoms with Crippen molar-refractivity contribution in [2.24, 2.45) is 0 Å². The standard InChI is InChI=1S/2C23H16NO.C22H21BO3/c2*1-6-12-24(13-7-1)25-23-21-11-5-4-10-19(21)15-20-14-17-8-2-3-9-18(17)16-22(20)23;24-23(25)26-18-10-17-22(19-11-4-1-5-12-19,20-13-6-2-7-14-20)21-15-8-3-9-16-21/h2*1-16H;1-9,11-16H,10,17-18H2/q2*+1;-2. The summed E-state index contributed by atoms with van der Waals surface area (Å²) < 4.78 is 8.23. The Balaban J connectivity index is 0.000000122. The van der Waals surface area contributed by atoms with E-state index in [2.05, 4.69) is 170 Å². The van der Waals surface area contributed by atoms with E-state index in [4.69, 9.17) is 14.3 Å². The molecule has 0 saturated heterocycles. The van der Waals surface area contributed by atoms with Crippen LogP contribution in [0.1, 0.15) is 29.5 Å². The topological polar surface area (TPSA) is 81.6 Å². The van der Waals surface area contributed by atoms with Crippen LogP contribution >= 0.6 is 0 Å². The van der Waals surface area contributed by atoms with Gasteiger partial charge in [0.05, 0.1) is 7.32 Å². The number of aromatic nitrogens is 2. The zero-order valence-corrected chi connectivity index (χ0v) is 41.8. The molecule has 0 spiro atoms. The molecule has 0 amide bonds. The van der Waals surface area contributed by atoms with Crippen molar-refractivity contribution in [1.82, 2.24) is 0 Å². The molecule has 0 aliphatic carbocycles. The summed E-state index contributed by atoms with van der Waals surface area (Å²) >= 11 is 0. The average Bonchev–Trinajstić information content (AvgIpc) is 3.51. The van der Waals surface area contributed by atoms with Crippen LogP contribution in [-0.2, 0) is 10.1 Å². The first kappa shape index (κ1) is 49.1. The lowest BCUT2D eigenvalue weighted by molar-refractivity contribution is -0.874. The van der Waals surface area contributed by atoms with Gasteiger partial charge in [0.25, 0.3) is 0 Å². The quantitative estimate of drug-likeness (QED) is 0.0400. The molecule has 0 fully saturated rings. The van der Waals surface area contributed by atoms with Gasteiger partial charge in [0.1, 0.15) is 0 Å². The number of nitrogens with zero attached hydrogens (tertiary/aromatic N) is 2. The van der Waals surface area contributed by atoms with Crippen LogP contribution in [0.3, 0.4) is 0 Å². The maximum absolute atomic E-state index is 10.7. The summed E-state index contributed by atoms with van der Waals surface area (Å²) in [5.41, 5.74) is 3.17. The average molecular weight is 989 g/mol. The molecule has 76 heavy (non-hydrogen) atoms. The minimum atomic E-state index is -2.23. The lowest BCUT2D eigenvalue weighted by atomic mass is 9.67. The largest absolute Gasteiger partial charge is 0.871 e. The van der Waals surface area contributed by atoms with E-state index in [1.54, 1.807) is 9.46 Å². The van der Waals surface area contributed by atoms with Gasteiger partial charge in [0, 0.05) is 67.3 Å². The molecule has 0 aliphatic heterocycles. The summed E-state index contributed by atoms with van der Waals surface area (Å²) in [4.78, 5) is 12.5. The highest BCUT2D eigenvalue weighted by Crippen LogP contribution is 2.43. The Morgan fingerprint density at radius 1 is 0.329 bits per heavy atom. The van der Waals surface area contributed by atoms with Crippen molar-refractivity contribution in [3.05, 3.63) is 302 Å². The third kappa shape index (κ3) is 10.7. The molecule has 11 aromatic carbocycles. The number of rotatable bonds is 12. The molecule has 13 rings (SSSR count). The Morgan fingerprint density at radius 2 is 0.645 bits per heavy atom. The van der Waals surface area contributed by atoms with E-state index in [1.807, 2.05) is 116 Å². The van der Waals surface area contributed by atoms with Crippen molar-refractivity contribution in [2.75, 3.05) is 6.61 Å². The van der Waals surface area contributed by atoms with E-state index in [1.165, 1.54) is 59.8 Å². The van der Waals surface area contributed by atoms with Gasteiger partial charge in [-0.15, -0.1) is 0 Å². The van der Waals surface area contributed by atoms with Crippen molar-refractivity contribution in [3.63, 3.8) is 0 Å². The van der Waals surface area contributed by atoms with Gasteiger partial charge in [-0.05, 0) is 109 Å². The molecule has 0 aliphatic rings. The van der Waals surface area contributed by atoms with Gasteiger partial charge < -0.3 is 14.7 Å². The van der Waals surface area contributed by atoms with Crippen LogP contribution in [-0.4, -0.2) is 13.9 Å². The number of hydrogen-bond donors (Lipinski definition) is 0. The highest BCUT2D eigenvalue weighted by Gasteiger charge is 2.35. The Bertz CT molecular complexity index is 3730. The summed E-state index contributed by atoms with van der Waals surface area (Å²) in [7, 11) is -2.23. The van der Waals surface area contributed by atoms with Gasteiger partial charge in [0.15, 0.2) is 0 Å². The van der Waals surface area contributed by atoms with E-state index in [0.29, 0.717) is 6.42 Å². The predicted molar refractivity (Wildman–Crippen MR) is 303 cm³/mol. The van der Waals surface area contributed by atoms with Crippen molar-refractivity contribution in [1.29, 1.82) is 0 Å². The molecule has 368 valence electrons. The summed E-state index contributed by atoms with van der Waals surface area (Å²) in [6.07, 6.45) is 8.99. The minimum absolute atomic E-state index is 0.159. The maximum Gasteiger partial charge on any atom is 0.223 e. The van der Waals surface area contributed by atoms with Gasteiger partial charge >= 0.3 is 0 Å². The lowest BCUT2D eigenvalue weighted by Gasteiger charge is -2.37. The first-order valence-corrected chi connectivity index (χ1v) is 25.6. The van der Waals surface area contributed by atoms with Crippen molar-refractivity contribution in [2.45, 2.75) is 18.3 Å². The normalized spacial score (nSPS) is 11.2. The Labute approximate surface area is 442 Å². The molecule has 8 heteroatoms. The van der Waals surface area contributed by atoms with Gasteiger partial charge in [-0.25, -0.2) is 9.68 Å². The van der Waals surface area contributed by atoms with E-state index in [0.717, 1.165) is 39.5 Å². The molecule has 2 heterocycles. The van der Waals surface area contributed by atoms with Gasteiger partial charge in [-0.3, -0.25) is 0 Å². The third-order valence-corrected chi connectivity index (χ3v) is 13.9. The lowest BCUT2D eigenvalue weighted by Crippen LogP contribution is -2.48. The van der Waals surface area contributed by atoms with E-state index in [-0.39, 0.29) is 12.0 Å². The van der Waals surface area contributed by atoms with Crippen molar-refractivity contribution < 1.29 is 33.8 Å². The van der Waals surface area contributed by atoms with E-state index < -0.39 is 7.32 Å². The Morgan fingerprint density at radius 3 is 1.03 bits per heavy atom. The molecule has 7 nitrogen and oxygen atoms in total. The predicted octanol–water partition coefficient (Wildman–Crippen LogP) is 13.1. The fraction of sp³-hybridized carbons (Fsp3) is 0.0588. The number of hydrogen-bond acceptors (Lipinski definition) is 5. The van der Waals surface area contributed by atoms with Gasteiger partial charge in [0.2, 0.25) is 36.3 Å². The molecule has 0 unspecified atom stereocenters. The summed E-state index contributed by atoms with van der Waals surface area (Å²) in [6.45, 7) is 0.159. The van der Waals surface area contributed by atoms with Crippen molar-refractivity contribution in [3.8, 4) is 11.5 Å². The monoisotopic (exact) mass is 988 g/mol. The van der Waals surface area contributed by atoms with Crippen LogP contribution < -0.4 is 29.2 Å². The molecule has 2 aromatic heterocycles. The molecule has 0 bridgehead atoms. The van der Waals surface area contributed by atoms with Gasteiger partial charge in [-0.2, -0.15) is 0 Å². The minimum Gasteiger partial charge on any atom is -0.871 e. The zero-order valence-electron chi connectivity index (χ0n) is 41.8. The summed E-state index contributed by atoms with van der Waals surface area (Å²) in [5, 5.41) is 35.5. The molecule has 0 atom stereocenters. The van der Waals surface area contributed by atoms with E-state index >= 15 is 0 Å². The molecule has 0 radical (unpaired) electrons. The second-order valence-corrected chi connectivity index (χ2v) is 18.6. The second kappa shape index (κ2) is 22.9. The van der Waals surface area contributed by atoms with Crippen LogP contribution in [0.15, 0.2) is 286 Å². The Hall–Kier alpha value is -9.18. The second-order valence-electron chi connectivity index (χ2n) is 18.6. The van der Waals surface area contributed by atoms with Crippen LogP contribution in [0.4, 0.5) is 0 Å². The summed E-state index contributed by atoms with van der Waals surface area (Å²) in [5.74, 6) is 1.77. The van der Waals surface area contributed by atoms with Crippen LogP contribution in [0.2, 0.25) is 0 Å². The molecule has 0 N–H and O–H groups in total. The number of fused-ring (bicyclic) bond motifs is 6. The molecular formula is C68H53BN2O5. The first-order valence-electron chi connectivity index (χ1n) is 25.6. The fourth-order valence-electron chi connectivity index (χ4n) is 10.3. The Kier molecular flexibility index (Phi) is 14.8. The van der Waals surface area contributed by atoms with Crippen LogP contribution in [0.5, 0.6) is 11.5 Å². The zero-order chi connectivity index (χ0) is 51.5. The molecule has 13 aromatic rings. The fourth-order valence-corrected chi connectivity index (χ4v) is 10.3. The van der Waals surface area contributed by atoms with E-state index in [9.17, 15) is 10.0 Å². The number of benzene rings is 11. The SMILES string of the molecule is [O-]B([O-])OCCCC(c1ccccc1)(c1ccccc1)c1ccccc1.c1cc[n+](Oc2c3ccccc3cc3cc4ccccc4cc23)cc1.c1cc[n+](Oc2c3ccccc3cc3cc4ccccc4cc23)cc1. The highest BCUT2D eigenvalue weighted by molar-refractivity contribution is 6.28. The maximum atomic E-state index is 10.7. The van der Waals surface area contributed by atoms with Gasteiger partial charge in [-0.1, -0.05) is 200 Å².